The van der Waals surface area contributed by atoms with Gasteiger partial charge < -0.3 is 19.5 Å². The maximum atomic E-state index is 12.7. The average Bonchev–Trinajstić information content (AvgIpc) is 3.21. The van der Waals surface area contributed by atoms with Crippen LogP contribution in [0.5, 0.6) is 11.5 Å². The van der Waals surface area contributed by atoms with E-state index in [1.807, 2.05) is 26.0 Å². The fraction of sp³-hybridized carbons (Fsp3) is 0.632. The number of hydrogen-bond acceptors (Lipinski definition) is 5. The van der Waals surface area contributed by atoms with Crippen molar-refractivity contribution >= 4 is 5.91 Å². The average molecular weight is 346 g/mol. The monoisotopic (exact) mass is 346 g/mol. The van der Waals surface area contributed by atoms with Crippen molar-refractivity contribution in [1.29, 1.82) is 0 Å². The van der Waals surface area contributed by atoms with Crippen molar-refractivity contribution in [2.24, 2.45) is 11.8 Å². The van der Waals surface area contributed by atoms with Gasteiger partial charge in [0, 0.05) is 38.2 Å². The Balaban J connectivity index is 1.47. The third kappa shape index (κ3) is 3.46. The third-order valence-corrected chi connectivity index (χ3v) is 5.28. The van der Waals surface area contributed by atoms with Crippen molar-refractivity contribution < 1.29 is 19.0 Å². The highest BCUT2D eigenvalue weighted by molar-refractivity contribution is 5.79. The van der Waals surface area contributed by atoms with E-state index in [0.29, 0.717) is 5.92 Å². The number of piperidine rings is 1. The summed E-state index contributed by atoms with van der Waals surface area (Å²) in [5, 5.41) is 3.09. The zero-order valence-electron chi connectivity index (χ0n) is 14.9. The number of amides is 1. The number of ether oxygens (including phenoxy) is 3. The van der Waals surface area contributed by atoms with Crippen LogP contribution in [-0.4, -0.2) is 49.4 Å². The number of carbonyl (C=O) groups is 1. The van der Waals surface area contributed by atoms with Gasteiger partial charge in [0.1, 0.15) is 0 Å². The maximum Gasteiger partial charge on any atom is 0.231 e. The minimum absolute atomic E-state index is 0.00217. The van der Waals surface area contributed by atoms with E-state index in [4.69, 9.17) is 14.2 Å². The number of hydrogen-bond donors (Lipinski definition) is 1. The summed E-state index contributed by atoms with van der Waals surface area (Å²) in [5.41, 5.74) is 1.17. The van der Waals surface area contributed by atoms with Crippen LogP contribution in [-0.2, 0) is 16.1 Å². The zero-order valence-corrected chi connectivity index (χ0v) is 14.9. The molecule has 25 heavy (non-hydrogen) atoms. The van der Waals surface area contributed by atoms with Crippen LogP contribution in [0.15, 0.2) is 18.2 Å². The van der Waals surface area contributed by atoms with E-state index in [1.165, 1.54) is 5.56 Å². The molecule has 6 nitrogen and oxygen atoms in total. The molecule has 1 aromatic rings. The number of fused-ring (bicyclic) bond motifs is 2. The van der Waals surface area contributed by atoms with Gasteiger partial charge >= 0.3 is 0 Å². The topological polar surface area (TPSA) is 60.0 Å². The molecule has 136 valence electrons. The molecule has 3 aliphatic heterocycles. The van der Waals surface area contributed by atoms with E-state index in [9.17, 15) is 4.79 Å². The summed E-state index contributed by atoms with van der Waals surface area (Å²) in [6.45, 7) is 7.51. The van der Waals surface area contributed by atoms with Gasteiger partial charge in [-0.3, -0.25) is 9.69 Å². The molecule has 0 spiro atoms. The minimum Gasteiger partial charge on any atom is -0.454 e. The van der Waals surface area contributed by atoms with Crippen LogP contribution in [0.1, 0.15) is 25.8 Å². The first kappa shape index (κ1) is 16.7. The van der Waals surface area contributed by atoms with Gasteiger partial charge in [-0.2, -0.15) is 0 Å². The molecule has 0 unspecified atom stereocenters. The van der Waals surface area contributed by atoms with Gasteiger partial charge in [0.2, 0.25) is 12.7 Å². The highest BCUT2D eigenvalue weighted by Crippen LogP contribution is 2.36. The van der Waals surface area contributed by atoms with Crippen LogP contribution in [0.4, 0.5) is 0 Å². The molecule has 6 heteroatoms. The quantitative estimate of drug-likeness (QED) is 0.900. The molecule has 0 radical (unpaired) electrons. The summed E-state index contributed by atoms with van der Waals surface area (Å²) < 4.78 is 16.8. The van der Waals surface area contributed by atoms with E-state index < -0.39 is 0 Å². The smallest absolute Gasteiger partial charge is 0.231 e. The predicted octanol–water partition coefficient (Wildman–Crippen LogP) is 1.78. The van der Waals surface area contributed by atoms with E-state index in [0.717, 1.165) is 44.2 Å². The van der Waals surface area contributed by atoms with Crippen molar-refractivity contribution in [3.8, 4) is 11.5 Å². The molecule has 1 N–H and O–H groups in total. The number of nitrogens with zero attached hydrogens (tertiary/aromatic N) is 1. The maximum absolute atomic E-state index is 12.7. The lowest BCUT2D eigenvalue weighted by molar-refractivity contribution is -0.131. The van der Waals surface area contributed by atoms with Gasteiger partial charge in [0.25, 0.3) is 0 Å². The van der Waals surface area contributed by atoms with Crippen molar-refractivity contribution in [2.75, 3.05) is 26.5 Å². The van der Waals surface area contributed by atoms with Gasteiger partial charge in [0.05, 0.1) is 12.0 Å². The molecule has 0 saturated carbocycles. The molecule has 3 atom stereocenters. The molecule has 1 amide bonds. The summed E-state index contributed by atoms with van der Waals surface area (Å²) in [5.74, 6) is 2.10. The summed E-state index contributed by atoms with van der Waals surface area (Å²) in [6, 6.07) is 6.22. The molecule has 4 rings (SSSR count). The van der Waals surface area contributed by atoms with Crippen molar-refractivity contribution in [2.45, 2.75) is 39.0 Å². The molecule has 2 saturated heterocycles. The fourth-order valence-corrected chi connectivity index (χ4v) is 4.15. The number of carbonyl (C=O) groups excluding carboxylic acids is 1. The first-order chi connectivity index (χ1) is 12.1. The van der Waals surface area contributed by atoms with Crippen LogP contribution in [0, 0.1) is 11.8 Å². The summed E-state index contributed by atoms with van der Waals surface area (Å²) >= 11 is 0. The SMILES string of the molecule is CC(C)NC(=O)[C@@H]1CN(Cc2ccc3c(c2)OCO3)C[C@H]2OCC[C@H]21. The molecular formula is C19H26N2O4. The Morgan fingerprint density at radius 1 is 1.28 bits per heavy atom. The summed E-state index contributed by atoms with van der Waals surface area (Å²) in [6.07, 6.45) is 1.14. The normalized spacial score (nSPS) is 28.2. The highest BCUT2D eigenvalue weighted by atomic mass is 16.7. The van der Waals surface area contributed by atoms with Crippen LogP contribution >= 0.6 is 0 Å². The second kappa shape index (κ2) is 6.84. The largest absolute Gasteiger partial charge is 0.454 e. The van der Waals surface area contributed by atoms with Crippen LogP contribution in [0.2, 0.25) is 0 Å². The fourth-order valence-electron chi connectivity index (χ4n) is 4.15. The predicted molar refractivity (Wildman–Crippen MR) is 92.5 cm³/mol. The van der Waals surface area contributed by atoms with Crippen LogP contribution in [0.3, 0.4) is 0 Å². The number of likely N-dealkylation sites (tertiary alicyclic amines) is 1. The number of benzene rings is 1. The lowest BCUT2D eigenvalue weighted by Crippen LogP contribution is -2.53. The third-order valence-electron chi connectivity index (χ3n) is 5.28. The Labute approximate surface area is 148 Å². The van der Waals surface area contributed by atoms with Gasteiger partial charge in [-0.15, -0.1) is 0 Å². The first-order valence-corrected chi connectivity index (χ1v) is 9.13. The molecule has 3 heterocycles. The molecule has 3 aliphatic rings. The van der Waals surface area contributed by atoms with E-state index in [1.54, 1.807) is 0 Å². The zero-order chi connectivity index (χ0) is 17.4. The van der Waals surface area contributed by atoms with Crippen LogP contribution < -0.4 is 14.8 Å². The van der Waals surface area contributed by atoms with Crippen LogP contribution in [0.25, 0.3) is 0 Å². The lowest BCUT2D eigenvalue weighted by atomic mass is 9.82. The van der Waals surface area contributed by atoms with E-state index >= 15 is 0 Å². The lowest BCUT2D eigenvalue weighted by Gasteiger charge is -2.39. The van der Waals surface area contributed by atoms with Crippen molar-refractivity contribution in [1.82, 2.24) is 10.2 Å². The second-order valence-corrected chi connectivity index (χ2v) is 7.51. The minimum atomic E-state index is -0.00217. The highest BCUT2D eigenvalue weighted by Gasteiger charge is 2.43. The van der Waals surface area contributed by atoms with Gasteiger partial charge in [-0.25, -0.2) is 0 Å². The Hall–Kier alpha value is -1.79. The van der Waals surface area contributed by atoms with Crippen molar-refractivity contribution in [3.63, 3.8) is 0 Å². The van der Waals surface area contributed by atoms with E-state index in [-0.39, 0.29) is 30.8 Å². The van der Waals surface area contributed by atoms with Gasteiger partial charge in [-0.05, 0) is 38.0 Å². The molecule has 0 aromatic heterocycles. The first-order valence-electron chi connectivity index (χ1n) is 9.13. The molecule has 2 fully saturated rings. The molecule has 0 bridgehead atoms. The Morgan fingerprint density at radius 3 is 2.96 bits per heavy atom. The van der Waals surface area contributed by atoms with E-state index in [2.05, 4.69) is 16.3 Å². The Bertz CT molecular complexity index is 648. The Morgan fingerprint density at radius 2 is 2.12 bits per heavy atom. The summed E-state index contributed by atoms with van der Waals surface area (Å²) in [4.78, 5) is 15.0. The van der Waals surface area contributed by atoms with Crippen molar-refractivity contribution in [3.05, 3.63) is 23.8 Å². The van der Waals surface area contributed by atoms with Gasteiger partial charge in [-0.1, -0.05) is 6.07 Å². The molecule has 0 aliphatic carbocycles. The van der Waals surface area contributed by atoms with Gasteiger partial charge in [0.15, 0.2) is 11.5 Å². The Kier molecular flexibility index (Phi) is 4.56. The second-order valence-electron chi connectivity index (χ2n) is 7.51. The molecule has 1 aromatic carbocycles. The molecular weight excluding hydrogens is 320 g/mol. The standard InChI is InChI=1S/C19H26N2O4/c1-12(2)20-19(22)15-9-21(10-18-14(15)5-6-23-18)8-13-3-4-16-17(7-13)25-11-24-16/h3-4,7,12,14-15,18H,5-6,8-11H2,1-2H3,(H,20,22)/t14-,15+,18+/m0/s1. The summed E-state index contributed by atoms with van der Waals surface area (Å²) in [7, 11) is 0. The number of rotatable bonds is 4. The number of nitrogens with one attached hydrogen (secondary N) is 1.